The summed E-state index contributed by atoms with van der Waals surface area (Å²) < 4.78 is 17.1. The van der Waals surface area contributed by atoms with Gasteiger partial charge in [0.2, 0.25) is 0 Å². The summed E-state index contributed by atoms with van der Waals surface area (Å²) in [4.78, 5) is 11.3. The Kier molecular flexibility index (Phi) is 6.00. The first-order chi connectivity index (χ1) is 15.8. The Balaban J connectivity index is 1.32. The van der Waals surface area contributed by atoms with Gasteiger partial charge in [0.1, 0.15) is 12.1 Å². The van der Waals surface area contributed by atoms with Gasteiger partial charge in [-0.05, 0) is 30.7 Å². The van der Waals surface area contributed by atoms with Crippen LogP contribution in [0.5, 0.6) is 11.5 Å². The molecule has 2 aromatic heterocycles. The summed E-state index contributed by atoms with van der Waals surface area (Å²) in [7, 11) is 1.64. The van der Waals surface area contributed by atoms with Gasteiger partial charge >= 0.3 is 0 Å². The fraction of sp³-hybridized carbons (Fsp3) is 0.348. The molecule has 0 unspecified atom stereocenters. The molecule has 0 saturated carbocycles. The van der Waals surface area contributed by atoms with Crippen LogP contribution in [0.2, 0.25) is 0 Å². The zero-order chi connectivity index (χ0) is 21.8. The maximum absolute atomic E-state index is 6.05. The fourth-order valence-corrected chi connectivity index (χ4v) is 3.88. The number of hydrogen-bond donors (Lipinski definition) is 2. The molecule has 1 saturated heterocycles. The molecular formula is C23H26N6O3. The van der Waals surface area contributed by atoms with Crippen molar-refractivity contribution in [1.29, 1.82) is 0 Å². The maximum Gasteiger partial charge on any atom is 0.163 e. The van der Waals surface area contributed by atoms with Crippen LogP contribution in [-0.4, -0.2) is 71.6 Å². The molecule has 9 heteroatoms. The van der Waals surface area contributed by atoms with Crippen molar-refractivity contribution in [3.63, 3.8) is 0 Å². The highest BCUT2D eigenvalue weighted by atomic mass is 16.5. The Bertz CT molecular complexity index is 1210. The molecule has 0 radical (unpaired) electrons. The summed E-state index contributed by atoms with van der Waals surface area (Å²) >= 11 is 0. The van der Waals surface area contributed by atoms with Crippen LogP contribution in [0.3, 0.4) is 0 Å². The number of H-pyrrole nitrogens is 1. The second-order valence-electron chi connectivity index (χ2n) is 7.70. The number of ether oxygens (including phenoxy) is 3. The second-order valence-corrected chi connectivity index (χ2v) is 7.70. The van der Waals surface area contributed by atoms with E-state index in [0.717, 1.165) is 66.8 Å². The predicted octanol–water partition coefficient (Wildman–Crippen LogP) is 3.36. The van der Waals surface area contributed by atoms with Gasteiger partial charge in [0.15, 0.2) is 11.5 Å². The van der Waals surface area contributed by atoms with Crippen LogP contribution in [0, 0.1) is 0 Å². The minimum atomic E-state index is 0.611. The fourth-order valence-electron chi connectivity index (χ4n) is 3.88. The molecule has 5 rings (SSSR count). The van der Waals surface area contributed by atoms with Crippen molar-refractivity contribution in [3.8, 4) is 11.5 Å². The van der Waals surface area contributed by atoms with Gasteiger partial charge in [0.25, 0.3) is 0 Å². The molecule has 4 aromatic rings. The van der Waals surface area contributed by atoms with E-state index in [1.54, 1.807) is 19.6 Å². The number of benzene rings is 2. The molecule has 0 aliphatic carbocycles. The third kappa shape index (κ3) is 4.44. The Labute approximate surface area is 185 Å². The van der Waals surface area contributed by atoms with Crippen molar-refractivity contribution in [2.75, 3.05) is 51.9 Å². The summed E-state index contributed by atoms with van der Waals surface area (Å²) in [6.45, 7) is 5.20. The van der Waals surface area contributed by atoms with E-state index in [9.17, 15) is 0 Å². The summed E-state index contributed by atoms with van der Waals surface area (Å²) in [5.74, 6) is 2.04. The number of nitrogens with zero attached hydrogens (tertiary/aromatic N) is 4. The highest BCUT2D eigenvalue weighted by molar-refractivity contribution is 5.93. The SMILES string of the molecule is COc1cc2c(Nc3ccc4cn[nH]c4c3)ncnc2cc1OCCCN1CCOCC1. The first-order valence-corrected chi connectivity index (χ1v) is 10.8. The molecule has 0 spiro atoms. The summed E-state index contributed by atoms with van der Waals surface area (Å²) in [5, 5.41) is 12.3. The number of rotatable bonds is 8. The topological polar surface area (TPSA) is 97.4 Å². The van der Waals surface area contributed by atoms with Gasteiger partial charge in [0, 0.05) is 42.2 Å². The molecule has 2 N–H and O–H groups in total. The molecule has 166 valence electrons. The molecular weight excluding hydrogens is 408 g/mol. The second kappa shape index (κ2) is 9.37. The number of hydrogen-bond acceptors (Lipinski definition) is 8. The van der Waals surface area contributed by atoms with Gasteiger partial charge in [-0.2, -0.15) is 5.10 Å². The maximum atomic E-state index is 6.05. The lowest BCUT2D eigenvalue weighted by Crippen LogP contribution is -2.37. The standard InChI is InChI=1S/C23H26N6O3/c1-30-21-12-18-20(13-22(21)32-8-2-5-29-6-9-31-10-7-29)24-15-25-23(18)27-17-4-3-16-14-26-28-19(16)11-17/h3-4,11-15H,2,5-10H2,1H3,(H,26,28)(H,24,25,27). The Morgan fingerprint density at radius 2 is 2.03 bits per heavy atom. The molecule has 3 heterocycles. The smallest absolute Gasteiger partial charge is 0.163 e. The van der Waals surface area contributed by atoms with Gasteiger partial charge in [0.05, 0.1) is 44.2 Å². The van der Waals surface area contributed by atoms with Crippen molar-refractivity contribution >= 4 is 33.3 Å². The number of aromatic amines is 1. The van der Waals surface area contributed by atoms with Gasteiger partial charge in [-0.15, -0.1) is 0 Å². The average Bonchev–Trinajstić information content (AvgIpc) is 3.30. The van der Waals surface area contributed by atoms with Gasteiger partial charge < -0.3 is 19.5 Å². The normalized spacial score (nSPS) is 14.7. The van der Waals surface area contributed by atoms with Crippen molar-refractivity contribution in [2.45, 2.75) is 6.42 Å². The van der Waals surface area contributed by atoms with Crippen LogP contribution >= 0.6 is 0 Å². The van der Waals surface area contributed by atoms with E-state index in [-0.39, 0.29) is 0 Å². The van der Waals surface area contributed by atoms with E-state index in [4.69, 9.17) is 14.2 Å². The number of methoxy groups -OCH3 is 1. The number of fused-ring (bicyclic) bond motifs is 2. The zero-order valence-electron chi connectivity index (χ0n) is 18.0. The van der Waals surface area contributed by atoms with Crippen LogP contribution < -0.4 is 14.8 Å². The lowest BCUT2D eigenvalue weighted by atomic mass is 10.2. The largest absolute Gasteiger partial charge is 0.493 e. The Morgan fingerprint density at radius 3 is 2.91 bits per heavy atom. The van der Waals surface area contributed by atoms with E-state index in [1.165, 1.54) is 0 Å². The van der Waals surface area contributed by atoms with Crippen molar-refractivity contribution < 1.29 is 14.2 Å². The molecule has 1 aliphatic rings. The Morgan fingerprint density at radius 1 is 1.12 bits per heavy atom. The zero-order valence-corrected chi connectivity index (χ0v) is 18.0. The van der Waals surface area contributed by atoms with Crippen molar-refractivity contribution in [3.05, 3.63) is 42.9 Å². The summed E-state index contributed by atoms with van der Waals surface area (Å²) in [6, 6.07) is 9.83. The number of anilines is 2. The summed E-state index contributed by atoms with van der Waals surface area (Å²) in [6.07, 6.45) is 4.29. The van der Waals surface area contributed by atoms with Gasteiger partial charge in [-0.1, -0.05) is 0 Å². The van der Waals surface area contributed by atoms with E-state index in [0.29, 0.717) is 23.9 Å². The number of aromatic nitrogens is 4. The number of nitrogens with one attached hydrogen (secondary N) is 2. The highest BCUT2D eigenvalue weighted by Gasteiger charge is 2.13. The molecule has 9 nitrogen and oxygen atoms in total. The third-order valence-corrected chi connectivity index (χ3v) is 5.61. The van der Waals surface area contributed by atoms with Gasteiger partial charge in [-0.25, -0.2) is 9.97 Å². The molecule has 0 amide bonds. The molecule has 1 aliphatic heterocycles. The monoisotopic (exact) mass is 434 g/mol. The van der Waals surface area contributed by atoms with Crippen LogP contribution in [0.1, 0.15) is 6.42 Å². The minimum absolute atomic E-state index is 0.611. The first kappa shape index (κ1) is 20.5. The van der Waals surface area contributed by atoms with Crippen LogP contribution in [0.25, 0.3) is 21.8 Å². The lowest BCUT2D eigenvalue weighted by molar-refractivity contribution is 0.0357. The molecule has 32 heavy (non-hydrogen) atoms. The predicted molar refractivity (Wildman–Crippen MR) is 123 cm³/mol. The quantitative estimate of drug-likeness (QED) is 0.408. The van der Waals surface area contributed by atoms with Crippen LogP contribution in [0.4, 0.5) is 11.5 Å². The van der Waals surface area contributed by atoms with Crippen molar-refractivity contribution in [2.24, 2.45) is 0 Å². The van der Waals surface area contributed by atoms with E-state index in [1.807, 2.05) is 30.3 Å². The average molecular weight is 435 g/mol. The van der Waals surface area contributed by atoms with Crippen LogP contribution in [0.15, 0.2) is 42.9 Å². The van der Waals surface area contributed by atoms with Crippen molar-refractivity contribution in [1.82, 2.24) is 25.1 Å². The lowest BCUT2D eigenvalue weighted by Gasteiger charge is -2.26. The van der Waals surface area contributed by atoms with E-state index < -0.39 is 0 Å². The van der Waals surface area contributed by atoms with E-state index >= 15 is 0 Å². The van der Waals surface area contributed by atoms with E-state index in [2.05, 4.69) is 30.4 Å². The third-order valence-electron chi connectivity index (χ3n) is 5.61. The van der Waals surface area contributed by atoms with Gasteiger partial charge in [-0.3, -0.25) is 10.00 Å². The Hall–Kier alpha value is -3.43. The highest BCUT2D eigenvalue weighted by Crippen LogP contribution is 2.35. The first-order valence-electron chi connectivity index (χ1n) is 10.8. The molecule has 1 fully saturated rings. The summed E-state index contributed by atoms with van der Waals surface area (Å²) in [5.41, 5.74) is 2.65. The molecule has 2 aromatic carbocycles. The van der Waals surface area contributed by atoms with Crippen LogP contribution in [-0.2, 0) is 4.74 Å². The number of morpholine rings is 1. The molecule has 0 bridgehead atoms. The minimum Gasteiger partial charge on any atom is -0.493 e. The molecule has 0 atom stereocenters.